The number of nitrogens with zero attached hydrogens (tertiary/aromatic N) is 1. The van der Waals surface area contributed by atoms with Crippen LogP contribution in [-0.4, -0.2) is 23.1 Å². The van der Waals surface area contributed by atoms with Crippen molar-refractivity contribution in [3.05, 3.63) is 64.7 Å². The van der Waals surface area contributed by atoms with Gasteiger partial charge < -0.3 is 5.11 Å². The Bertz CT molecular complexity index is 711. The van der Waals surface area contributed by atoms with Gasteiger partial charge in [-0.1, -0.05) is 54.1 Å². The summed E-state index contributed by atoms with van der Waals surface area (Å²) in [7, 11) is 0. The number of phenols is 1. The van der Waals surface area contributed by atoms with Crippen LogP contribution in [0.5, 0.6) is 5.75 Å². The number of likely N-dealkylation sites (tertiary alicyclic amines) is 1. The molecule has 1 aliphatic heterocycles. The minimum atomic E-state index is -0.104. The Morgan fingerprint density at radius 1 is 1.00 bits per heavy atom. The molecule has 0 radical (unpaired) electrons. The van der Waals surface area contributed by atoms with Gasteiger partial charge in [0.2, 0.25) is 0 Å². The van der Waals surface area contributed by atoms with Crippen LogP contribution in [0.25, 0.3) is 0 Å². The monoisotopic (exact) mass is 325 g/mol. The Morgan fingerprint density at radius 2 is 1.74 bits per heavy atom. The van der Waals surface area contributed by atoms with Crippen LogP contribution < -0.4 is 0 Å². The van der Waals surface area contributed by atoms with Crippen LogP contribution in [0.1, 0.15) is 36.4 Å². The summed E-state index contributed by atoms with van der Waals surface area (Å²) in [6.45, 7) is 2.02. The van der Waals surface area contributed by atoms with Crippen molar-refractivity contribution in [2.45, 2.75) is 25.3 Å². The Hall–Kier alpha value is -1.95. The quantitative estimate of drug-likeness (QED) is 0.814. The summed E-state index contributed by atoms with van der Waals surface area (Å²) < 4.78 is 0. The molecule has 1 unspecified atom stereocenters. The third-order valence-electron chi connectivity index (χ3n) is 4.17. The fourth-order valence-electron chi connectivity index (χ4n) is 2.96. The molecule has 1 aliphatic rings. The van der Waals surface area contributed by atoms with Crippen molar-refractivity contribution in [1.82, 2.24) is 4.90 Å². The van der Waals surface area contributed by atoms with Crippen molar-refractivity contribution in [2.75, 3.05) is 13.1 Å². The van der Waals surface area contributed by atoms with Crippen molar-refractivity contribution in [3.63, 3.8) is 0 Å². The van der Waals surface area contributed by atoms with E-state index in [0.29, 0.717) is 5.02 Å². The molecular formula is C20H20ClNO. The molecule has 1 saturated heterocycles. The van der Waals surface area contributed by atoms with E-state index in [-0.39, 0.29) is 11.8 Å². The first-order chi connectivity index (χ1) is 11.2. The van der Waals surface area contributed by atoms with Crippen molar-refractivity contribution in [2.24, 2.45) is 0 Å². The maximum Gasteiger partial charge on any atom is 0.122 e. The molecule has 1 N–H and O–H groups in total. The van der Waals surface area contributed by atoms with Gasteiger partial charge in [0.1, 0.15) is 11.8 Å². The molecule has 0 aliphatic carbocycles. The summed E-state index contributed by atoms with van der Waals surface area (Å²) in [4.78, 5) is 2.35. The SMILES string of the molecule is Oc1cc(Cl)ccc1C(C#Cc1ccccc1)N1CCCCC1. The maximum absolute atomic E-state index is 10.3. The van der Waals surface area contributed by atoms with E-state index in [1.165, 1.54) is 19.3 Å². The highest BCUT2D eigenvalue weighted by Gasteiger charge is 2.23. The zero-order valence-electron chi connectivity index (χ0n) is 13.0. The number of phenolic OH excluding ortho intramolecular Hbond substituents is 1. The molecule has 0 aromatic heterocycles. The standard InChI is InChI=1S/C20H20ClNO/c21-17-10-11-18(20(23)15-17)19(22-13-5-2-6-14-22)12-9-16-7-3-1-4-8-16/h1,3-4,7-8,10-11,15,19,23H,2,5-6,13-14H2. The van der Waals surface area contributed by atoms with Gasteiger partial charge in [0.25, 0.3) is 0 Å². The molecule has 0 bridgehead atoms. The highest BCUT2D eigenvalue weighted by Crippen LogP contribution is 2.32. The lowest BCUT2D eigenvalue weighted by atomic mass is 10.0. The molecule has 0 amide bonds. The van der Waals surface area contributed by atoms with E-state index in [4.69, 9.17) is 11.6 Å². The molecule has 118 valence electrons. The average Bonchev–Trinajstić information content (AvgIpc) is 2.58. The number of piperidine rings is 1. The third kappa shape index (κ3) is 4.07. The Morgan fingerprint density at radius 3 is 2.43 bits per heavy atom. The van der Waals surface area contributed by atoms with Crippen molar-refractivity contribution >= 4 is 11.6 Å². The first-order valence-electron chi connectivity index (χ1n) is 8.03. The van der Waals surface area contributed by atoms with Crippen molar-refractivity contribution in [1.29, 1.82) is 0 Å². The number of rotatable bonds is 2. The number of aromatic hydroxyl groups is 1. The van der Waals surface area contributed by atoms with Gasteiger partial charge in [-0.25, -0.2) is 0 Å². The van der Waals surface area contributed by atoms with Crippen LogP contribution in [-0.2, 0) is 0 Å². The predicted octanol–water partition coefficient (Wildman–Crippen LogP) is 4.62. The van der Waals surface area contributed by atoms with Gasteiger partial charge in [0, 0.05) is 16.1 Å². The second kappa shape index (κ2) is 7.55. The fraction of sp³-hybridized carbons (Fsp3) is 0.300. The lowest BCUT2D eigenvalue weighted by molar-refractivity contribution is 0.195. The number of hydrogen-bond acceptors (Lipinski definition) is 2. The highest BCUT2D eigenvalue weighted by atomic mass is 35.5. The molecule has 3 heteroatoms. The average molecular weight is 326 g/mol. The maximum atomic E-state index is 10.3. The molecule has 1 fully saturated rings. The molecule has 0 spiro atoms. The van der Waals surface area contributed by atoms with Crippen molar-refractivity contribution in [3.8, 4) is 17.6 Å². The molecule has 1 heterocycles. The van der Waals surface area contributed by atoms with E-state index in [1.54, 1.807) is 6.07 Å². The highest BCUT2D eigenvalue weighted by molar-refractivity contribution is 6.30. The Balaban J connectivity index is 1.95. The van der Waals surface area contributed by atoms with E-state index < -0.39 is 0 Å². The summed E-state index contributed by atoms with van der Waals surface area (Å²) >= 11 is 5.97. The molecule has 2 aromatic rings. The van der Waals surface area contributed by atoms with Crippen molar-refractivity contribution < 1.29 is 5.11 Å². The summed E-state index contributed by atoms with van der Waals surface area (Å²) in [5, 5.41) is 10.9. The van der Waals surface area contributed by atoms with E-state index >= 15 is 0 Å². The van der Waals surface area contributed by atoms with E-state index in [9.17, 15) is 5.11 Å². The van der Waals surface area contributed by atoms with Crippen LogP contribution in [0, 0.1) is 11.8 Å². The predicted molar refractivity (Wildman–Crippen MR) is 94.6 cm³/mol. The van der Waals surface area contributed by atoms with E-state index in [1.807, 2.05) is 42.5 Å². The lowest BCUT2D eigenvalue weighted by Gasteiger charge is -2.32. The molecule has 1 atom stereocenters. The number of hydrogen-bond donors (Lipinski definition) is 1. The summed E-state index contributed by atoms with van der Waals surface area (Å²) in [6, 6.07) is 15.2. The fourth-order valence-corrected chi connectivity index (χ4v) is 3.13. The normalized spacial score (nSPS) is 16.4. The largest absolute Gasteiger partial charge is 0.508 e. The van der Waals surface area contributed by atoms with Gasteiger partial charge in [0.05, 0.1) is 0 Å². The number of halogens is 1. The molecule has 2 nitrogen and oxygen atoms in total. The van der Waals surface area contributed by atoms with Crippen LogP contribution in [0.15, 0.2) is 48.5 Å². The second-order valence-electron chi connectivity index (χ2n) is 5.84. The van der Waals surface area contributed by atoms with Gasteiger partial charge >= 0.3 is 0 Å². The molecule has 3 rings (SSSR count). The Kier molecular flexibility index (Phi) is 5.23. The topological polar surface area (TPSA) is 23.5 Å². The first kappa shape index (κ1) is 15.9. The van der Waals surface area contributed by atoms with E-state index in [0.717, 1.165) is 24.2 Å². The Labute approximate surface area is 142 Å². The molecule has 2 aromatic carbocycles. The van der Waals surface area contributed by atoms with Gasteiger partial charge in [-0.05, 0) is 50.2 Å². The van der Waals surface area contributed by atoms with E-state index in [2.05, 4.69) is 16.7 Å². The van der Waals surface area contributed by atoms with Gasteiger partial charge in [-0.3, -0.25) is 4.90 Å². The zero-order valence-corrected chi connectivity index (χ0v) is 13.8. The third-order valence-corrected chi connectivity index (χ3v) is 4.40. The minimum absolute atomic E-state index is 0.104. The van der Waals surface area contributed by atoms with Crippen LogP contribution in [0.2, 0.25) is 5.02 Å². The lowest BCUT2D eigenvalue weighted by Crippen LogP contribution is -2.33. The number of benzene rings is 2. The second-order valence-corrected chi connectivity index (χ2v) is 6.27. The first-order valence-corrected chi connectivity index (χ1v) is 8.41. The molecular weight excluding hydrogens is 306 g/mol. The van der Waals surface area contributed by atoms with Crippen LogP contribution >= 0.6 is 11.6 Å². The summed E-state index contributed by atoms with van der Waals surface area (Å²) in [6.07, 6.45) is 3.62. The van der Waals surface area contributed by atoms with Gasteiger partial charge in [-0.15, -0.1) is 0 Å². The summed E-state index contributed by atoms with van der Waals surface area (Å²) in [5.74, 6) is 6.82. The van der Waals surface area contributed by atoms with Gasteiger partial charge in [0.15, 0.2) is 0 Å². The minimum Gasteiger partial charge on any atom is -0.508 e. The van der Waals surface area contributed by atoms with Crippen LogP contribution in [0.3, 0.4) is 0 Å². The summed E-state index contributed by atoms with van der Waals surface area (Å²) in [5.41, 5.74) is 1.82. The zero-order chi connectivity index (χ0) is 16.1. The molecule has 23 heavy (non-hydrogen) atoms. The molecule has 0 saturated carbocycles. The van der Waals surface area contributed by atoms with Gasteiger partial charge in [-0.2, -0.15) is 0 Å². The smallest absolute Gasteiger partial charge is 0.122 e. The van der Waals surface area contributed by atoms with Crippen LogP contribution in [0.4, 0.5) is 0 Å².